The molecule has 52 heavy (non-hydrogen) atoms. The quantitative estimate of drug-likeness (QED) is 0.261. The molecule has 2 aliphatic rings. The van der Waals surface area contributed by atoms with E-state index in [1.807, 2.05) is 0 Å². The van der Waals surface area contributed by atoms with Gasteiger partial charge in [-0.1, -0.05) is 11.6 Å². The first kappa shape index (κ1) is 39.5. The van der Waals surface area contributed by atoms with Crippen LogP contribution in [0.5, 0.6) is 5.75 Å². The third kappa shape index (κ3) is 8.93. The van der Waals surface area contributed by atoms with Crippen LogP contribution in [0.4, 0.5) is 27.6 Å². The summed E-state index contributed by atoms with van der Waals surface area (Å²) in [6.45, 7) is 1.80. The van der Waals surface area contributed by atoms with Crippen LogP contribution >= 0.6 is 11.6 Å². The summed E-state index contributed by atoms with van der Waals surface area (Å²) in [4.78, 5) is 55.3. The molecule has 14 nitrogen and oxygen atoms in total. The largest absolute Gasteiger partial charge is 0.490 e. The Hall–Kier alpha value is -5.32. The number of aliphatic carboxylic acids is 1. The fourth-order valence-corrected chi connectivity index (χ4v) is 5.67. The molecule has 0 atom stereocenters. The molecule has 0 saturated carbocycles. The van der Waals surface area contributed by atoms with Gasteiger partial charge in [-0.25, -0.2) is 14.2 Å². The SMILES string of the molecule is Cn1c(-c2ccc(OCC#N)c(F)c2F)cnc1C(=O)Nc1ccc(C(=O)N2CCN(C(=O)C3(O)CCNCC3)CC2)c(Cl)c1.O=C(O)C(F)(F)F. The number of amides is 3. The fourth-order valence-electron chi connectivity index (χ4n) is 5.41. The molecule has 2 aliphatic heterocycles. The first-order valence-corrected chi connectivity index (χ1v) is 15.8. The van der Waals surface area contributed by atoms with Gasteiger partial charge < -0.3 is 40.0 Å². The fraction of sp³-hybridized carbons (Fsp3) is 0.375. The van der Waals surface area contributed by atoms with Crippen LogP contribution in [0, 0.1) is 23.0 Å². The van der Waals surface area contributed by atoms with Crippen LogP contribution in [0.3, 0.4) is 0 Å². The minimum absolute atomic E-state index is 0.0945. The number of hydrogen-bond acceptors (Lipinski definition) is 9. The predicted molar refractivity (Wildman–Crippen MR) is 172 cm³/mol. The summed E-state index contributed by atoms with van der Waals surface area (Å²) in [5.74, 6) is -7.08. The molecule has 0 spiro atoms. The first-order chi connectivity index (χ1) is 24.5. The van der Waals surface area contributed by atoms with Crippen molar-refractivity contribution in [1.82, 2.24) is 24.7 Å². The second-order valence-electron chi connectivity index (χ2n) is 11.5. The number of benzene rings is 2. The van der Waals surface area contributed by atoms with Crippen molar-refractivity contribution < 1.29 is 56.1 Å². The molecular weight excluding hydrogens is 725 g/mol. The van der Waals surface area contributed by atoms with Crippen LogP contribution in [0.25, 0.3) is 11.3 Å². The molecule has 5 rings (SSSR count). The van der Waals surface area contributed by atoms with E-state index in [1.165, 1.54) is 48.1 Å². The molecule has 0 unspecified atom stereocenters. The molecule has 2 fully saturated rings. The van der Waals surface area contributed by atoms with Gasteiger partial charge in [0.05, 0.1) is 22.5 Å². The molecule has 2 saturated heterocycles. The van der Waals surface area contributed by atoms with Crippen LogP contribution in [-0.4, -0.2) is 111 Å². The highest BCUT2D eigenvalue weighted by Crippen LogP contribution is 2.31. The smallest absolute Gasteiger partial charge is 0.476 e. The van der Waals surface area contributed by atoms with Crippen molar-refractivity contribution in [2.24, 2.45) is 7.05 Å². The third-order valence-electron chi connectivity index (χ3n) is 8.19. The number of imidazole rings is 1. The van der Waals surface area contributed by atoms with Crippen LogP contribution < -0.4 is 15.4 Å². The molecule has 3 amide bonds. The molecule has 0 bridgehead atoms. The Morgan fingerprint density at radius 1 is 1.06 bits per heavy atom. The molecule has 20 heteroatoms. The van der Waals surface area contributed by atoms with Gasteiger partial charge in [-0.05, 0) is 56.3 Å². The normalized spacial score (nSPS) is 15.5. The number of nitrogens with zero attached hydrogens (tertiary/aromatic N) is 5. The number of rotatable bonds is 7. The summed E-state index contributed by atoms with van der Waals surface area (Å²) in [5.41, 5.74) is -0.942. The van der Waals surface area contributed by atoms with Crippen molar-refractivity contribution in [2.45, 2.75) is 24.6 Å². The van der Waals surface area contributed by atoms with Crippen molar-refractivity contribution >= 4 is 41.0 Å². The summed E-state index contributed by atoms with van der Waals surface area (Å²) in [6, 6.07) is 8.52. The Kier molecular flexibility index (Phi) is 12.4. The lowest BCUT2D eigenvalue weighted by atomic mass is 9.90. The number of aliphatic hydroxyl groups is 1. The summed E-state index contributed by atoms with van der Waals surface area (Å²) >= 11 is 6.44. The highest BCUT2D eigenvalue weighted by molar-refractivity contribution is 6.34. The van der Waals surface area contributed by atoms with Gasteiger partial charge in [-0.3, -0.25) is 14.4 Å². The van der Waals surface area contributed by atoms with E-state index >= 15 is 0 Å². The van der Waals surface area contributed by atoms with Crippen LogP contribution in [0.2, 0.25) is 5.02 Å². The summed E-state index contributed by atoms with van der Waals surface area (Å²) in [5, 5.41) is 32.4. The number of anilines is 1. The Bertz CT molecular complexity index is 1890. The Labute approximate surface area is 297 Å². The molecule has 4 N–H and O–H groups in total. The van der Waals surface area contributed by atoms with E-state index in [2.05, 4.69) is 15.6 Å². The van der Waals surface area contributed by atoms with Crippen molar-refractivity contribution in [3.8, 4) is 23.1 Å². The molecular formula is C32H31ClF5N7O7. The van der Waals surface area contributed by atoms with Crippen molar-refractivity contribution in [3.05, 3.63) is 64.6 Å². The number of nitrogens with one attached hydrogen (secondary N) is 2. The number of carbonyl (C=O) groups excluding carboxylic acids is 3. The lowest BCUT2D eigenvalue weighted by Crippen LogP contribution is -2.59. The van der Waals surface area contributed by atoms with E-state index in [9.17, 15) is 41.4 Å². The second kappa shape index (κ2) is 16.4. The zero-order valence-corrected chi connectivity index (χ0v) is 28.0. The van der Waals surface area contributed by atoms with Crippen LogP contribution in [-0.2, 0) is 16.6 Å². The monoisotopic (exact) mass is 755 g/mol. The third-order valence-corrected chi connectivity index (χ3v) is 8.50. The highest BCUT2D eigenvalue weighted by atomic mass is 35.5. The van der Waals surface area contributed by atoms with Gasteiger partial charge in [-0.15, -0.1) is 0 Å². The summed E-state index contributed by atoms with van der Waals surface area (Å²) < 4.78 is 67.1. The number of ether oxygens (including phenoxy) is 1. The number of carboxylic acid groups (broad SMARTS) is 1. The molecule has 1 aromatic heterocycles. The maximum absolute atomic E-state index is 14.8. The lowest BCUT2D eigenvalue weighted by Gasteiger charge is -2.40. The second-order valence-corrected chi connectivity index (χ2v) is 11.9. The Morgan fingerprint density at radius 2 is 1.67 bits per heavy atom. The molecule has 3 aromatic rings. The van der Waals surface area contributed by atoms with E-state index in [1.54, 1.807) is 15.9 Å². The minimum Gasteiger partial charge on any atom is -0.476 e. The van der Waals surface area contributed by atoms with Crippen LogP contribution in [0.15, 0.2) is 36.5 Å². The standard InChI is InChI=1S/C30H30ClF2N7O5.C2HF3O2/c1-38-22(20-4-5-23(45-15-8-34)25(33)24(20)32)17-36-26(38)27(41)37-18-2-3-19(21(31)16-18)28(42)39-11-13-40(14-12-39)29(43)30(44)6-9-35-10-7-30;3-2(4,5)1(6)7/h2-5,16-17,35,44H,6-7,9-15H2,1H3,(H,37,41);(H,6,7). The number of piperidine rings is 1. The number of piperazine rings is 1. The van der Waals surface area contributed by atoms with Crippen LogP contribution in [0.1, 0.15) is 33.8 Å². The minimum atomic E-state index is -5.08. The number of carbonyl (C=O) groups is 4. The van der Waals surface area contributed by atoms with Crippen molar-refractivity contribution in [2.75, 3.05) is 51.2 Å². The van der Waals surface area contributed by atoms with Gasteiger partial charge in [0.25, 0.3) is 17.7 Å². The van der Waals surface area contributed by atoms with Gasteiger partial charge in [-0.2, -0.15) is 22.8 Å². The summed E-state index contributed by atoms with van der Waals surface area (Å²) in [6.07, 6.45) is -3.17. The zero-order valence-electron chi connectivity index (χ0n) is 27.3. The van der Waals surface area contributed by atoms with Crippen molar-refractivity contribution in [1.29, 1.82) is 5.26 Å². The first-order valence-electron chi connectivity index (χ1n) is 15.4. The average Bonchev–Trinajstić information content (AvgIpc) is 3.49. The zero-order chi connectivity index (χ0) is 38.4. The maximum atomic E-state index is 14.8. The van der Waals surface area contributed by atoms with Gasteiger partial charge >= 0.3 is 12.1 Å². The molecule has 278 valence electrons. The predicted octanol–water partition coefficient (Wildman–Crippen LogP) is 3.21. The number of alkyl halides is 3. The molecule has 0 radical (unpaired) electrons. The van der Waals surface area contributed by atoms with Gasteiger partial charge in [0.15, 0.2) is 24.0 Å². The van der Waals surface area contributed by atoms with E-state index in [0.717, 1.165) is 0 Å². The average molecular weight is 756 g/mol. The number of halogens is 6. The Balaban J connectivity index is 0.000000785. The van der Waals surface area contributed by atoms with E-state index in [4.69, 9.17) is 31.5 Å². The van der Waals surface area contributed by atoms with Gasteiger partial charge in [0, 0.05) is 44.5 Å². The summed E-state index contributed by atoms with van der Waals surface area (Å²) in [7, 11) is 1.46. The molecule has 2 aromatic carbocycles. The van der Waals surface area contributed by atoms with E-state index in [0.29, 0.717) is 25.9 Å². The number of hydrogen-bond donors (Lipinski definition) is 4. The molecule has 0 aliphatic carbocycles. The Morgan fingerprint density at radius 3 is 2.25 bits per heavy atom. The maximum Gasteiger partial charge on any atom is 0.490 e. The van der Waals surface area contributed by atoms with Crippen molar-refractivity contribution in [3.63, 3.8) is 0 Å². The molecule has 3 heterocycles. The topological polar surface area (TPSA) is 190 Å². The van der Waals surface area contributed by atoms with E-state index < -0.39 is 47.6 Å². The van der Waals surface area contributed by atoms with Gasteiger partial charge in [0.1, 0.15) is 11.7 Å². The highest BCUT2D eigenvalue weighted by Gasteiger charge is 2.41. The number of aromatic nitrogens is 2. The number of carboxylic acids is 1. The van der Waals surface area contributed by atoms with Gasteiger partial charge in [0.2, 0.25) is 5.82 Å². The van der Waals surface area contributed by atoms with E-state index in [-0.39, 0.29) is 71.3 Å². The number of nitriles is 1. The lowest BCUT2D eigenvalue weighted by molar-refractivity contribution is -0.192.